The number of carbonyl (C=O) groups is 1. The van der Waals surface area contributed by atoms with Gasteiger partial charge in [0, 0.05) is 32.4 Å². The van der Waals surface area contributed by atoms with Crippen LogP contribution in [0.15, 0.2) is 6.20 Å². The van der Waals surface area contributed by atoms with Gasteiger partial charge in [0.25, 0.3) is 0 Å². The first-order valence-electron chi connectivity index (χ1n) is 7.71. The van der Waals surface area contributed by atoms with E-state index in [2.05, 4.69) is 34.8 Å². The molecular formula is C15H29N5O2. The Morgan fingerprint density at radius 2 is 2.09 bits per heavy atom. The molecule has 0 bridgehead atoms. The van der Waals surface area contributed by atoms with Gasteiger partial charge in [0.15, 0.2) is 0 Å². The molecule has 1 aromatic rings. The van der Waals surface area contributed by atoms with E-state index in [1.807, 2.05) is 34.0 Å². The van der Waals surface area contributed by atoms with Crippen molar-refractivity contribution in [2.45, 2.75) is 59.2 Å². The average Bonchev–Trinajstić information content (AvgIpc) is 2.76. The van der Waals surface area contributed by atoms with Gasteiger partial charge in [-0.1, -0.05) is 19.1 Å². The minimum Gasteiger partial charge on any atom is -0.444 e. The zero-order valence-corrected chi connectivity index (χ0v) is 14.5. The van der Waals surface area contributed by atoms with E-state index in [-0.39, 0.29) is 12.1 Å². The lowest BCUT2D eigenvalue weighted by atomic mass is 10.0. The first-order valence-corrected chi connectivity index (χ1v) is 7.71. The Labute approximate surface area is 132 Å². The zero-order valence-electron chi connectivity index (χ0n) is 14.5. The fourth-order valence-electron chi connectivity index (χ4n) is 2.05. The molecule has 0 spiro atoms. The van der Waals surface area contributed by atoms with Crippen molar-refractivity contribution < 1.29 is 9.53 Å². The molecule has 7 heteroatoms. The van der Waals surface area contributed by atoms with Crippen molar-refractivity contribution in [3.63, 3.8) is 0 Å². The summed E-state index contributed by atoms with van der Waals surface area (Å²) in [4.78, 5) is 11.7. The zero-order chi connectivity index (χ0) is 16.8. The summed E-state index contributed by atoms with van der Waals surface area (Å²) in [7, 11) is 1.84. The number of alkyl carbamates (subject to hydrolysis) is 1. The Morgan fingerprint density at radius 3 is 2.59 bits per heavy atom. The summed E-state index contributed by atoms with van der Waals surface area (Å²) in [6.07, 6.45) is 2.44. The molecule has 1 unspecified atom stereocenters. The summed E-state index contributed by atoms with van der Waals surface area (Å²) in [5.41, 5.74) is 0.401. The molecule has 1 rings (SSSR count). The molecule has 0 fully saturated rings. The Balaban J connectivity index is 2.44. The van der Waals surface area contributed by atoms with Crippen molar-refractivity contribution in [2.24, 2.45) is 13.0 Å². The van der Waals surface area contributed by atoms with Gasteiger partial charge in [0.1, 0.15) is 5.60 Å². The molecule has 22 heavy (non-hydrogen) atoms. The fourth-order valence-corrected chi connectivity index (χ4v) is 2.05. The van der Waals surface area contributed by atoms with E-state index in [0.717, 1.165) is 12.1 Å². The molecule has 2 N–H and O–H groups in total. The number of ether oxygens (including phenoxy) is 1. The first-order chi connectivity index (χ1) is 10.2. The number of nitrogens with one attached hydrogen (secondary N) is 2. The van der Waals surface area contributed by atoms with Gasteiger partial charge in [-0.2, -0.15) is 0 Å². The highest BCUT2D eigenvalue weighted by atomic mass is 16.6. The maximum Gasteiger partial charge on any atom is 0.407 e. The van der Waals surface area contributed by atoms with Gasteiger partial charge in [0.05, 0.1) is 5.69 Å². The molecule has 0 aliphatic carbocycles. The fraction of sp³-hybridized carbons (Fsp3) is 0.800. The molecule has 0 aromatic carbocycles. The van der Waals surface area contributed by atoms with E-state index in [1.54, 1.807) is 4.68 Å². The maximum absolute atomic E-state index is 11.7. The molecule has 0 aliphatic heterocycles. The molecule has 1 atom stereocenters. The Morgan fingerprint density at radius 1 is 1.41 bits per heavy atom. The van der Waals surface area contributed by atoms with E-state index in [9.17, 15) is 4.79 Å². The molecule has 0 radical (unpaired) electrons. The minimum absolute atomic E-state index is 0.162. The van der Waals surface area contributed by atoms with Gasteiger partial charge < -0.3 is 15.4 Å². The van der Waals surface area contributed by atoms with Gasteiger partial charge >= 0.3 is 6.09 Å². The monoisotopic (exact) mass is 311 g/mol. The van der Waals surface area contributed by atoms with Crippen molar-refractivity contribution >= 4 is 6.09 Å². The third-order valence-electron chi connectivity index (χ3n) is 2.87. The number of aromatic nitrogens is 3. The van der Waals surface area contributed by atoms with Crippen LogP contribution in [0.25, 0.3) is 0 Å². The number of amides is 1. The minimum atomic E-state index is -0.481. The standard InChI is InChI=1S/C15H29N5O2/c1-11(2)7-12(8-17-14(21)22-15(3,4)5)16-9-13-10-20(6)19-18-13/h10-12,16H,7-9H2,1-6H3,(H,17,21). The number of hydrogen-bond acceptors (Lipinski definition) is 5. The van der Waals surface area contributed by atoms with Crippen LogP contribution >= 0.6 is 0 Å². The smallest absolute Gasteiger partial charge is 0.407 e. The summed E-state index contributed by atoms with van der Waals surface area (Å²) < 4.78 is 6.93. The largest absolute Gasteiger partial charge is 0.444 e. The van der Waals surface area contributed by atoms with E-state index < -0.39 is 5.60 Å². The van der Waals surface area contributed by atoms with Crippen LogP contribution in [0, 0.1) is 5.92 Å². The second kappa shape index (κ2) is 8.12. The van der Waals surface area contributed by atoms with E-state index >= 15 is 0 Å². The average molecular weight is 311 g/mol. The molecule has 0 saturated carbocycles. The van der Waals surface area contributed by atoms with E-state index in [1.165, 1.54) is 0 Å². The van der Waals surface area contributed by atoms with Gasteiger partial charge in [0.2, 0.25) is 0 Å². The molecule has 7 nitrogen and oxygen atoms in total. The second-order valence-corrected chi connectivity index (χ2v) is 6.97. The molecule has 0 aliphatic rings. The third kappa shape index (κ3) is 7.97. The van der Waals surface area contributed by atoms with Crippen LogP contribution < -0.4 is 10.6 Å². The molecule has 126 valence electrons. The highest BCUT2D eigenvalue weighted by molar-refractivity contribution is 5.67. The SMILES string of the molecule is CC(C)CC(CNC(=O)OC(C)(C)C)NCc1cn(C)nn1. The van der Waals surface area contributed by atoms with Crippen molar-refractivity contribution in [3.8, 4) is 0 Å². The lowest BCUT2D eigenvalue weighted by Crippen LogP contribution is -2.43. The number of carbonyl (C=O) groups excluding carboxylic acids is 1. The van der Waals surface area contributed by atoms with Crippen LogP contribution in [0.4, 0.5) is 4.79 Å². The summed E-state index contributed by atoms with van der Waals surface area (Å²) in [5.74, 6) is 0.528. The Kier molecular flexibility index (Phi) is 6.80. The molecule has 1 aromatic heterocycles. The maximum atomic E-state index is 11.7. The molecule has 0 saturated heterocycles. The van der Waals surface area contributed by atoms with E-state index in [0.29, 0.717) is 19.0 Å². The predicted molar refractivity (Wildman–Crippen MR) is 85.3 cm³/mol. The number of hydrogen-bond donors (Lipinski definition) is 2. The molecular weight excluding hydrogens is 282 g/mol. The summed E-state index contributed by atoms with van der Waals surface area (Å²) in [6.45, 7) is 11.0. The van der Waals surface area contributed by atoms with Gasteiger partial charge in [-0.05, 0) is 33.1 Å². The highest BCUT2D eigenvalue weighted by Gasteiger charge is 2.18. The first kappa shape index (κ1) is 18.4. The summed E-state index contributed by atoms with van der Waals surface area (Å²) in [5, 5.41) is 14.2. The Bertz CT molecular complexity index is 465. The van der Waals surface area contributed by atoms with Crippen molar-refractivity contribution in [1.29, 1.82) is 0 Å². The van der Waals surface area contributed by atoms with Crippen molar-refractivity contribution in [1.82, 2.24) is 25.6 Å². The number of aryl methyl sites for hydroxylation is 1. The van der Waals surface area contributed by atoms with Gasteiger partial charge in [-0.15, -0.1) is 5.10 Å². The topological polar surface area (TPSA) is 81.1 Å². The van der Waals surface area contributed by atoms with Crippen LogP contribution in [0.2, 0.25) is 0 Å². The highest BCUT2D eigenvalue weighted by Crippen LogP contribution is 2.08. The third-order valence-corrected chi connectivity index (χ3v) is 2.87. The van der Waals surface area contributed by atoms with Gasteiger partial charge in [-0.3, -0.25) is 4.68 Å². The van der Waals surface area contributed by atoms with Crippen LogP contribution in [-0.2, 0) is 18.3 Å². The van der Waals surface area contributed by atoms with Crippen LogP contribution in [-0.4, -0.2) is 39.3 Å². The number of rotatable bonds is 7. The van der Waals surface area contributed by atoms with Crippen molar-refractivity contribution in [2.75, 3.05) is 6.54 Å². The molecule has 1 amide bonds. The quantitative estimate of drug-likeness (QED) is 0.803. The summed E-state index contributed by atoms with van der Waals surface area (Å²) in [6, 6.07) is 0.162. The lowest BCUT2D eigenvalue weighted by molar-refractivity contribution is 0.0520. The van der Waals surface area contributed by atoms with Crippen molar-refractivity contribution in [3.05, 3.63) is 11.9 Å². The normalized spacial score (nSPS) is 13.2. The van der Waals surface area contributed by atoms with Crippen LogP contribution in [0.1, 0.15) is 46.7 Å². The lowest BCUT2D eigenvalue weighted by Gasteiger charge is -2.23. The van der Waals surface area contributed by atoms with Gasteiger partial charge in [-0.25, -0.2) is 4.79 Å². The molecule has 1 heterocycles. The summed E-state index contributed by atoms with van der Waals surface area (Å²) >= 11 is 0. The van der Waals surface area contributed by atoms with Crippen LogP contribution in [0.3, 0.4) is 0 Å². The number of nitrogens with zero attached hydrogens (tertiary/aromatic N) is 3. The van der Waals surface area contributed by atoms with E-state index in [4.69, 9.17) is 4.74 Å². The van der Waals surface area contributed by atoms with Crippen LogP contribution in [0.5, 0.6) is 0 Å². The second-order valence-electron chi connectivity index (χ2n) is 6.97. The Hall–Kier alpha value is -1.63. The predicted octanol–water partition coefficient (Wildman–Crippen LogP) is 1.84.